The van der Waals surface area contributed by atoms with Gasteiger partial charge >= 0.3 is 0 Å². The number of carbonyl (C=O) groups is 1. The first kappa shape index (κ1) is 24.6. The maximum atomic E-state index is 13.7. The molecule has 0 spiro atoms. The number of anilines is 1. The van der Waals surface area contributed by atoms with Gasteiger partial charge in [0.1, 0.15) is 17.2 Å². The summed E-state index contributed by atoms with van der Waals surface area (Å²) in [4.78, 5) is 36.0. The lowest BCUT2D eigenvalue weighted by Crippen LogP contribution is -2.34. The zero-order valence-corrected chi connectivity index (χ0v) is 21.8. The molecule has 0 unspecified atom stereocenters. The van der Waals surface area contributed by atoms with Crippen molar-refractivity contribution in [2.45, 2.75) is 78.8 Å². The Morgan fingerprint density at radius 3 is 2.44 bits per heavy atom. The van der Waals surface area contributed by atoms with Crippen LogP contribution in [-0.2, 0) is 36.1 Å². The number of nitrogens with one attached hydrogen (secondary N) is 1. The number of carbonyl (C=O) groups excluding carboxylic acids is 1. The summed E-state index contributed by atoms with van der Waals surface area (Å²) in [6, 6.07) is 7.93. The Balaban J connectivity index is 1.67. The number of aromatic nitrogens is 2. The van der Waals surface area contributed by atoms with Crippen LogP contribution in [0.2, 0.25) is 0 Å². The van der Waals surface area contributed by atoms with E-state index in [4.69, 9.17) is 4.98 Å². The summed E-state index contributed by atoms with van der Waals surface area (Å²) >= 11 is 1.66. The summed E-state index contributed by atoms with van der Waals surface area (Å²) in [5, 5.41) is 3.70. The van der Waals surface area contributed by atoms with E-state index >= 15 is 0 Å². The first-order chi connectivity index (χ1) is 16.2. The first-order valence-corrected chi connectivity index (χ1v) is 13.2. The van der Waals surface area contributed by atoms with E-state index in [9.17, 15) is 9.59 Å². The highest BCUT2D eigenvalue weighted by molar-refractivity contribution is 7.18. The van der Waals surface area contributed by atoms with Crippen LogP contribution in [-0.4, -0.2) is 33.4 Å². The molecule has 182 valence electrons. The van der Waals surface area contributed by atoms with Gasteiger partial charge in [-0.05, 0) is 67.4 Å². The maximum absolute atomic E-state index is 13.7. The minimum Gasteiger partial charge on any atom is -0.325 e. The van der Waals surface area contributed by atoms with Crippen LogP contribution in [0, 0.1) is 0 Å². The number of benzene rings is 1. The lowest BCUT2D eigenvalue weighted by molar-refractivity contribution is -0.116. The zero-order valence-electron chi connectivity index (χ0n) is 21.0. The number of aryl methyl sites for hydroxylation is 2. The van der Waals surface area contributed by atoms with Gasteiger partial charge in [0.25, 0.3) is 5.56 Å². The number of hydrogen-bond acceptors (Lipinski definition) is 5. The molecule has 1 N–H and O–H groups in total. The van der Waals surface area contributed by atoms with Gasteiger partial charge in [-0.1, -0.05) is 46.8 Å². The van der Waals surface area contributed by atoms with Gasteiger partial charge in [-0.15, -0.1) is 11.3 Å². The van der Waals surface area contributed by atoms with Gasteiger partial charge in [-0.2, -0.15) is 0 Å². The van der Waals surface area contributed by atoms with Crippen molar-refractivity contribution >= 4 is 33.1 Å². The van der Waals surface area contributed by atoms with Gasteiger partial charge in [-0.25, -0.2) is 4.98 Å². The Morgan fingerprint density at radius 1 is 1.12 bits per heavy atom. The zero-order chi connectivity index (χ0) is 24.5. The fourth-order valence-corrected chi connectivity index (χ4v) is 5.88. The molecular formula is C27H36N4O2S. The predicted octanol–water partition coefficient (Wildman–Crippen LogP) is 5.11. The van der Waals surface area contributed by atoms with E-state index in [1.54, 1.807) is 15.9 Å². The highest BCUT2D eigenvalue weighted by Gasteiger charge is 2.23. The Kier molecular flexibility index (Phi) is 7.24. The second kappa shape index (κ2) is 10.0. The topological polar surface area (TPSA) is 67.2 Å². The van der Waals surface area contributed by atoms with Crippen LogP contribution in [0.3, 0.4) is 0 Å². The van der Waals surface area contributed by atoms with Crippen LogP contribution in [0.25, 0.3) is 10.2 Å². The number of rotatable bonds is 7. The summed E-state index contributed by atoms with van der Waals surface area (Å²) in [5.41, 5.74) is 3.07. The van der Waals surface area contributed by atoms with E-state index in [-0.39, 0.29) is 23.4 Å². The Labute approximate surface area is 206 Å². The number of fused-ring (bicyclic) bond motifs is 3. The second-order valence-electron chi connectivity index (χ2n) is 10.1. The van der Waals surface area contributed by atoms with E-state index in [2.05, 4.69) is 44.8 Å². The Morgan fingerprint density at radius 2 is 1.79 bits per heavy atom. The minimum atomic E-state index is -0.211. The quantitative estimate of drug-likeness (QED) is 0.510. The van der Waals surface area contributed by atoms with Crippen LogP contribution in [0.5, 0.6) is 0 Å². The lowest BCUT2D eigenvalue weighted by Gasteiger charge is -2.21. The highest BCUT2D eigenvalue weighted by Crippen LogP contribution is 2.34. The molecule has 0 saturated carbocycles. The number of hydrogen-bond donors (Lipinski definition) is 1. The molecule has 0 fully saturated rings. The highest BCUT2D eigenvalue weighted by atomic mass is 32.1. The van der Waals surface area contributed by atoms with Crippen LogP contribution in [0.1, 0.15) is 69.3 Å². The maximum Gasteiger partial charge on any atom is 0.263 e. The smallest absolute Gasteiger partial charge is 0.263 e. The summed E-state index contributed by atoms with van der Waals surface area (Å²) in [6.45, 7) is 12.9. The molecule has 0 bridgehead atoms. The van der Waals surface area contributed by atoms with Crippen molar-refractivity contribution in [3.05, 3.63) is 56.4 Å². The number of thiophene rings is 1. The molecule has 1 aliphatic rings. The van der Waals surface area contributed by atoms with E-state index < -0.39 is 0 Å². The van der Waals surface area contributed by atoms with Gasteiger partial charge in [0.15, 0.2) is 0 Å². The molecule has 2 heterocycles. The van der Waals surface area contributed by atoms with Gasteiger partial charge < -0.3 is 5.32 Å². The van der Waals surface area contributed by atoms with Crippen molar-refractivity contribution in [2.24, 2.45) is 0 Å². The van der Waals surface area contributed by atoms with Crippen LogP contribution in [0.4, 0.5) is 5.69 Å². The molecule has 0 saturated heterocycles. The average molecular weight is 481 g/mol. The largest absolute Gasteiger partial charge is 0.325 e. The normalized spacial score (nSPS) is 13.9. The molecule has 0 radical (unpaired) electrons. The molecule has 7 heteroatoms. The van der Waals surface area contributed by atoms with Gasteiger partial charge in [-0.3, -0.25) is 19.1 Å². The molecule has 1 amide bonds. The summed E-state index contributed by atoms with van der Waals surface area (Å²) in [6.07, 6.45) is 4.21. The average Bonchev–Trinajstić information content (AvgIpc) is 3.18. The van der Waals surface area contributed by atoms with Crippen molar-refractivity contribution < 1.29 is 4.79 Å². The van der Waals surface area contributed by atoms with E-state index in [0.29, 0.717) is 12.4 Å². The Hall–Kier alpha value is -2.51. The van der Waals surface area contributed by atoms with Crippen LogP contribution < -0.4 is 10.9 Å². The number of amides is 1. The molecule has 34 heavy (non-hydrogen) atoms. The fraction of sp³-hybridized carbons (Fsp3) is 0.519. The molecule has 1 aromatic carbocycles. The van der Waals surface area contributed by atoms with Crippen LogP contribution in [0.15, 0.2) is 29.1 Å². The summed E-state index contributed by atoms with van der Waals surface area (Å²) < 4.78 is 1.60. The van der Waals surface area contributed by atoms with Crippen LogP contribution >= 0.6 is 11.3 Å². The monoisotopic (exact) mass is 480 g/mol. The molecule has 3 aromatic rings. The summed E-state index contributed by atoms with van der Waals surface area (Å²) in [7, 11) is 0. The second-order valence-corrected chi connectivity index (χ2v) is 11.2. The molecule has 1 aliphatic carbocycles. The predicted molar refractivity (Wildman–Crippen MR) is 141 cm³/mol. The van der Waals surface area contributed by atoms with E-state index in [1.807, 2.05) is 24.3 Å². The van der Waals surface area contributed by atoms with Gasteiger partial charge in [0.2, 0.25) is 5.91 Å². The first-order valence-electron chi connectivity index (χ1n) is 12.4. The molecule has 2 aromatic heterocycles. The fourth-order valence-electron chi connectivity index (χ4n) is 4.61. The number of nitrogens with zero attached hydrogens (tertiary/aromatic N) is 3. The third kappa shape index (κ3) is 5.10. The minimum absolute atomic E-state index is 0.0377. The van der Waals surface area contributed by atoms with Crippen molar-refractivity contribution in [1.82, 2.24) is 14.5 Å². The SMILES string of the molecule is CCN(CC)Cc1nc2sc3c(c2c(=O)n1CC(=O)Nc1ccc(C(C)(C)C)cc1)CCCC3. The standard InChI is InChI=1S/C27H36N4O2S/c1-6-30(7-2)16-22-29-25-24(20-10-8-9-11-21(20)34-25)26(33)31(22)17-23(32)28-19-14-12-18(13-15-19)27(3,4)5/h12-15H,6-11,16-17H2,1-5H3,(H,28,32). The van der Waals surface area contributed by atoms with Gasteiger partial charge in [0.05, 0.1) is 11.9 Å². The van der Waals surface area contributed by atoms with Crippen molar-refractivity contribution in [2.75, 3.05) is 18.4 Å². The van der Waals surface area contributed by atoms with Gasteiger partial charge in [0, 0.05) is 10.6 Å². The molecule has 6 nitrogen and oxygen atoms in total. The lowest BCUT2D eigenvalue weighted by atomic mass is 9.87. The Bertz CT molecular complexity index is 1230. The van der Waals surface area contributed by atoms with E-state index in [0.717, 1.165) is 60.2 Å². The summed E-state index contributed by atoms with van der Waals surface area (Å²) in [5.74, 6) is 0.453. The molecular weight excluding hydrogens is 444 g/mol. The third-order valence-electron chi connectivity index (χ3n) is 6.75. The van der Waals surface area contributed by atoms with Crippen molar-refractivity contribution in [3.63, 3.8) is 0 Å². The molecule has 0 aliphatic heterocycles. The third-order valence-corrected chi connectivity index (χ3v) is 7.94. The molecule has 4 rings (SSSR count). The van der Waals surface area contributed by atoms with Crippen molar-refractivity contribution in [3.8, 4) is 0 Å². The van der Waals surface area contributed by atoms with E-state index in [1.165, 1.54) is 10.4 Å². The van der Waals surface area contributed by atoms with Crippen molar-refractivity contribution in [1.29, 1.82) is 0 Å². The molecule has 0 atom stereocenters.